The van der Waals surface area contributed by atoms with Crippen molar-refractivity contribution in [1.29, 1.82) is 0 Å². The van der Waals surface area contributed by atoms with Gasteiger partial charge < -0.3 is 5.11 Å². The summed E-state index contributed by atoms with van der Waals surface area (Å²) in [5.74, 6) is -1.03. The fourth-order valence-electron chi connectivity index (χ4n) is 1.59. The van der Waals surface area contributed by atoms with Crippen LogP contribution in [0.1, 0.15) is 22.0 Å². The first-order chi connectivity index (χ1) is 8.59. The van der Waals surface area contributed by atoms with Crippen molar-refractivity contribution in [2.75, 3.05) is 0 Å². The second kappa shape index (κ2) is 5.29. The number of ketones is 1. The highest BCUT2D eigenvalue weighted by molar-refractivity contribution is 6.30. The van der Waals surface area contributed by atoms with Crippen molar-refractivity contribution in [3.05, 3.63) is 70.5 Å². The van der Waals surface area contributed by atoms with Gasteiger partial charge >= 0.3 is 0 Å². The molecule has 0 aliphatic heterocycles. The number of halogens is 2. The first-order valence-corrected chi connectivity index (χ1v) is 5.69. The molecule has 0 amide bonds. The predicted molar refractivity (Wildman–Crippen MR) is 67.1 cm³/mol. The first kappa shape index (κ1) is 12.7. The van der Waals surface area contributed by atoms with E-state index in [2.05, 4.69) is 0 Å². The lowest BCUT2D eigenvalue weighted by Gasteiger charge is -2.10. The summed E-state index contributed by atoms with van der Waals surface area (Å²) in [6.45, 7) is 0. The van der Waals surface area contributed by atoms with E-state index >= 15 is 0 Å². The fourth-order valence-corrected chi connectivity index (χ4v) is 1.78. The van der Waals surface area contributed by atoms with Crippen molar-refractivity contribution in [2.45, 2.75) is 6.10 Å². The van der Waals surface area contributed by atoms with Crippen LogP contribution in [0, 0.1) is 5.82 Å². The Bertz CT molecular complexity index is 569. The minimum absolute atomic E-state index is 0.118. The summed E-state index contributed by atoms with van der Waals surface area (Å²) < 4.78 is 13.0. The molecule has 0 radical (unpaired) electrons. The molecule has 1 unspecified atom stereocenters. The molecule has 0 spiro atoms. The van der Waals surface area contributed by atoms with Gasteiger partial charge in [0.2, 0.25) is 0 Å². The highest BCUT2D eigenvalue weighted by Crippen LogP contribution is 2.23. The number of aliphatic hydroxyl groups excluding tert-OH is 1. The summed E-state index contributed by atoms with van der Waals surface area (Å²) in [6, 6.07) is 12.1. The molecule has 0 fully saturated rings. The Balaban J connectivity index is 2.28. The van der Waals surface area contributed by atoms with Gasteiger partial charge in [-0.1, -0.05) is 48.0 Å². The van der Waals surface area contributed by atoms with Gasteiger partial charge in [0.15, 0.2) is 5.78 Å². The molecule has 0 aliphatic rings. The number of carbonyl (C=O) groups excluding carboxylic acids is 1. The molecular weight excluding hydrogens is 255 g/mol. The topological polar surface area (TPSA) is 37.3 Å². The Morgan fingerprint density at radius 1 is 1.17 bits per heavy atom. The Hall–Kier alpha value is -1.71. The van der Waals surface area contributed by atoms with Crippen molar-refractivity contribution in [3.8, 4) is 0 Å². The van der Waals surface area contributed by atoms with Gasteiger partial charge in [-0.15, -0.1) is 0 Å². The monoisotopic (exact) mass is 264 g/mol. The third-order valence-electron chi connectivity index (χ3n) is 2.57. The number of hydrogen-bond donors (Lipinski definition) is 1. The smallest absolute Gasteiger partial charge is 0.195 e. The van der Waals surface area contributed by atoms with Crippen LogP contribution in [0.2, 0.25) is 5.02 Å². The average molecular weight is 265 g/mol. The van der Waals surface area contributed by atoms with Gasteiger partial charge in [-0.2, -0.15) is 0 Å². The maximum absolute atomic E-state index is 13.0. The Kier molecular flexibility index (Phi) is 3.75. The normalized spacial score (nSPS) is 12.2. The molecule has 2 rings (SSSR count). The zero-order chi connectivity index (χ0) is 13.1. The molecule has 2 aromatic rings. The minimum atomic E-state index is -1.34. The van der Waals surface area contributed by atoms with E-state index in [1.54, 1.807) is 30.3 Å². The maximum Gasteiger partial charge on any atom is 0.195 e. The maximum atomic E-state index is 13.0. The second-order valence-corrected chi connectivity index (χ2v) is 4.21. The highest BCUT2D eigenvalue weighted by atomic mass is 35.5. The third kappa shape index (κ3) is 2.58. The predicted octanol–water partition coefficient (Wildman–Crippen LogP) is 3.40. The van der Waals surface area contributed by atoms with Crippen LogP contribution in [0.4, 0.5) is 4.39 Å². The highest BCUT2D eigenvalue weighted by Gasteiger charge is 2.19. The van der Waals surface area contributed by atoms with Crippen LogP contribution in [0.5, 0.6) is 0 Å². The number of benzene rings is 2. The standard InChI is InChI=1S/C14H10ClFO2/c15-11-8-10(6-7-12(11)16)14(18)13(17)9-4-2-1-3-5-9/h1-8,14,18H. The lowest BCUT2D eigenvalue weighted by Crippen LogP contribution is -2.12. The number of aliphatic hydroxyl groups is 1. The second-order valence-electron chi connectivity index (χ2n) is 3.81. The summed E-state index contributed by atoms with van der Waals surface area (Å²) in [5.41, 5.74) is 0.667. The van der Waals surface area contributed by atoms with E-state index in [0.29, 0.717) is 5.56 Å². The zero-order valence-corrected chi connectivity index (χ0v) is 10.1. The van der Waals surface area contributed by atoms with E-state index in [0.717, 1.165) is 6.07 Å². The molecule has 0 aliphatic carbocycles. The molecule has 18 heavy (non-hydrogen) atoms. The summed E-state index contributed by atoms with van der Waals surface area (Å²) >= 11 is 5.61. The molecule has 2 aromatic carbocycles. The summed E-state index contributed by atoms with van der Waals surface area (Å²) in [7, 11) is 0. The molecule has 2 nitrogen and oxygen atoms in total. The van der Waals surface area contributed by atoms with E-state index in [9.17, 15) is 14.3 Å². The number of carbonyl (C=O) groups is 1. The first-order valence-electron chi connectivity index (χ1n) is 5.32. The van der Waals surface area contributed by atoms with Crippen molar-refractivity contribution < 1.29 is 14.3 Å². The molecule has 1 atom stereocenters. The average Bonchev–Trinajstić information content (AvgIpc) is 2.41. The van der Waals surface area contributed by atoms with Gasteiger partial charge in [-0.05, 0) is 17.7 Å². The van der Waals surface area contributed by atoms with E-state index in [1.165, 1.54) is 12.1 Å². The molecule has 1 N–H and O–H groups in total. The number of hydrogen-bond acceptors (Lipinski definition) is 2. The molecule has 0 bridgehead atoms. The molecule has 0 saturated heterocycles. The third-order valence-corrected chi connectivity index (χ3v) is 2.86. The number of rotatable bonds is 3. The summed E-state index contributed by atoms with van der Waals surface area (Å²) in [6.07, 6.45) is -1.34. The zero-order valence-electron chi connectivity index (χ0n) is 9.31. The fraction of sp³-hybridized carbons (Fsp3) is 0.0714. The van der Waals surface area contributed by atoms with Crippen LogP contribution in [0.25, 0.3) is 0 Å². The Morgan fingerprint density at radius 3 is 2.44 bits per heavy atom. The largest absolute Gasteiger partial charge is 0.380 e. The van der Waals surface area contributed by atoms with Crippen molar-refractivity contribution in [2.24, 2.45) is 0 Å². The lowest BCUT2D eigenvalue weighted by molar-refractivity contribution is 0.0747. The lowest BCUT2D eigenvalue weighted by atomic mass is 10.00. The Labute approximate surface area is 109 Å². The van der Waals surface area contributed by atoms with Crippen LogP contribution in [0.3, 0.4) is 0 Å². The van der Waals surface area contributed by atoms with E-state index in [-0.39, 0.29) is 10.6 Å². The molecule has 0 aromatic heterocycles. The van der Waals surface area contributed by atoms with Crippen LogP contribution in [-0.2, 0) is 0 Å². The van der Waals surface area contributed by atoms with Crippen LogP contribution in [-0.4, -0.2) is 10.9 Å². The van der Waals surface area contributed by atoms with Gasteiger partial charge in [0.05, 0.1) is 5.02 Å². The van der Waals surface area contributed by atoms with Crippen LogP contribution in [0.15, 0.2) is 48.5 Å². The molecular formula is C14H10ClFO2. The molecule has 92 valence electrons. The minimum Gasteiger partial charge on any atom is -0.380 e. The van der Waals surface area contributed by atoms with Gasteiger partial charge in [0, 0.05) is 5.56 Å². The van der Waals surface area contributed by atoms with Gasteiger partial charge in [0.25, 0.3) is 0 Å². The van der Waals surface area contributed by atoms with Gasteiger partial charge in [-0.3, -0.25) is 4.79 Å². The summed E-state index contributed by atoms with van der Waals surface area (Å²) in [4.78, 5) is 12.0. The van der Waals surface area contributed by atoms with Crippen molar-refractivity contribution in [3.63, 3.8) is 0 Å². The quantitative estimate of drug-likeness (QED) is 0.863. The summed E-state index contributed by atoms with van der Waals surface area (Å²) in [5, 5.41) is 9.81. The van der Waals surface area contributed by atoms with Crippen LogP contribution >= 0.6 is 11.6 Å². The van der Waals surface area contributed by atoms with E-state index in [1.807, 2.05) is 0 Å². The van der Waals surface area contributed by atoms with Gasteiger partial charge in [-0.25, -0.2) is 4.39 Å². The molecule has 0 heterocycles. The van der Waals surface area contributed by atoms with Gasteiger partial charge in [0.1, 0.15) is 11.9 Å². The van der Waals surface area contributed by atoms with Crippen molar-refractivity contribution in [1.82, 2.24) is 0 Å². The van der Waals surface area contributed by atoms with Crippen molar-refractivity contribution >= 4 is 17.4 Å². The Morgan fingerprint density at radius 2 is 1.83 bits per heavy atom. The van der Waals surface area contributed by atoms with Crippen LogP contribution < -0.4 is 0 Å². The SMILES string of the molecule is O=C(c1ccccc1)C(O)c1ccc(F)c(Cl)c1. The molecule has 4 heteroatoms. The van der Waals surface area contributed by atoms with E-state index in [4.69, 9.17) is 11.6 Å². The molecule has 0 saturated carbocycles. The van der Waals surface area contributed by atoms with E-state index < -0.39 is 17.7 Å². The number of Topliss-reactive ketones (excluding diaryl/α,β-unsaturated/α-hetero) is 1.